The van der Waals surface area contributed by atoms with E-state index < -0.39 is 0 Å². The molecule has 0 radical (unpaired) electrons. The summed E-state index contributed by atoms with van der Waals surface area (Å²) < 4.78 is 5.11. The SMILES string of the molecule is COc1ccc(CCC(C)(C)CC(N)=O)cc1. The minimum atomic E-state index is -0.232. The van der Waals surface area contributed by atoms with Crippen LogP contribution >= 0.6 is 0 Å². The first-order valence-electron chi connectivity index (χ1n) is 5.84. The number of aryl methyl sites for hydroxylation is 1. The fraction of sp³-hybridized carbons (Fsp3) is 0.500. The summed E-state index contributed by atoms with van der Waals surface area (Å²) in [5, 5.41) is 0. The molecule has 0 aliphatic heterocycles. The molecule has 0 aliphatic rings. The summed E-state index contributed by atoms with van der Waals surface area (Å²) in [6, 6.07) is 8.02. The van der Waals surface area contributed by atoms with Crippen LogP contribution in [-0.2, 0) is 11.2 Å². The van der Waals surface area contributed by atoms with Gasteiger partial charge in [-0.05, 0) is 36.0 Å². The van der Waals surface area contributed by atoms with Crippen molar-refractivity contribution in [2.75, 3.05) is 7.11 Å². The van der Waals surface area contributed by atoms with Crippen LogP contribution in [-0.4, -0.2) is 13.0 Å². The van der Waals surface area contributed by atoms with Crippen molar-refractivity contribution in [1.29, 1.82) is 0 Å². The van der Waals surface area contributed by atoms with Crippen LogP contribution < -0.4 is 10.5 Å². The summed E-state index contributed by atoms with van der Waals surface area (Å²) in [5.74, 6) is 0.634. The van der Waals surface area contributed by atoms with Gasteiger partial charge in [0.05, 0.1) is 7.11 Å². The van der Waals surface area contributed by atoms with Crippen molar-refractivity contribution < 1.29 is 9.53 Å². The molecule has 0 saturated heterocycles. The van der Waals surface area contributed by atoms with Gasteiger partial charge in [-0.1, -0.05) is 26.0 Å². The number of primary amides is 1. The maximum atomic E-state index is 10.9. The van der Waals surface area contributed by atoms with Crippen LogP contribution in [0.5, 0.6) is 5.75 Å². The van der Waals surface area contributed by atoms with Gasteiger partial charge < -0.3 is 10.5 Å². The topological polar surface area (TPSA) is 52.3 Å². The average molecular weight is 235 g/mol. The lowest BCUT2D eigenvalue weighted by Crippen LogP contribution is -2.23. The van der Waals surface area contributed by atoms with Crippen LogP contribution in [0.15, 0.2) is 24.3 Å². The minimum Gasteiger partial charge on any atom is -0.497 e. The Labute approximate surface area is 103 Å². The van der Waals surface area contributed by atoms with Crippen molar-refractivity contribution in [2.24, 2.45) is 11.1 Å². The summed E-state index contributed by atoms with van der Waals surface area (Å²) in [7, 11) is 1.66. The molecule has 0 unspecified atom stereocenters. The highest BCUT2D eigenvalue weighted by Crippen LogP contribution is 2.27. The molecule has 3 nitrogen and oxygen atoms in total. The van der Waals surface area contributed by atoms with E-state index in [2.05, 4.69) is 26.0 Å². The van der Waals surface area contributed by atoms with Crippen molar-refractivity contribution in [3.8, 4) is 5.75 Å². The molecule has 1 aromatic carbocycles. The van der Waals surface area contributed by atoms with Gasteiger partial charge in [-0.15, -0.1) is 0 Å². The Bertz CT molecular complexity index is 368. The second-order valence-corrected chi connectivity index (χ2v) is 5.16. The molecule has 0 spiro atoms. The van der Waals surface area contributed by atoms with Gasteiger partial charge in [0.15, 0.2) is 0 Å². The third kappa shape index (κ3) is 4.89. The first-order chi connectivity index (χ1) is 7.93. The van der Waals surface area contributed by atoms with Gasteiger partial charge in [-0.2, -0.15) is 0 Å². The molecular weight excluding hydrogens is 214 g/mol. The van der Waals surface area contributed by atoms with Gasteiger partial charge in [0.1, 0.15) is 5.75 Å². The smallest absolute Gasteiger partial charge is 0.217 e. The Balaban J connectivity index is 2.51. The number of amides is 1. The summed E-state index contributed by atoms with van der Waals surface area (Å²) in [6.07, 6.45) is 2.33. The summed E-state index contributed by atoms with van der Waals surface area (Å²) in [5.41, 5.74) is 6.45. The molecule has 0 fully saturated rings. The number of methoxy groups -OCH3 is 1. The highest BCUT2D eigenvalue weighted by Gasteiger charge is 2.20. The third-order valence-corrected chi connectivity index (χ3v) is 2.90. The van der Waals surface area contributed by atoms with E-state index in [0.717, 1.165) is 18.6 Å². The molecule has 0 heterocycles. The highest BCUT2D eigenvalue weighted by molar-refractivity contribution is 5.74. The lowest BCUT2D eigenvalue weighted by atomic mass is 9.83. The summed E-state index contributed by atoms with van der Waals surface area (Å²) in [4.78, 5) is 10.9. The Morgan fingerprint density at radius 1 is 1.29 bits per heavy atom. The van der Waals surface area contributed by atoms with Gasteiger partial charge in [-0.25, -0.2) is 0 Å². The summed E-state index contributed by atoms with van der Waals surface area (Å²) >= 11 is 0. The van der Waals surface area contributed by atoms with Crippen molar-refractivity contribution >= 4 is 5.91 Å². The molecule has 94 valence electrons. The molecule has 0 aromatic heterocycles. The van der Waals surface area contributed by atoms with E-state index in [9.17, 15) is 4.79 Å². The molecule has 1 rings (SSSR count). The molecule has 0 saturated carbocycles. The van der Waals surface area contributed by atoms with Gasteiger partial charge in [0.25, 0.3) is 0 Å². The number of hydrogen-bond donors (Lipinski definition) is 1. The molecule has 0 atom stereocenters. The van der Waals surface area contributed by atoms with E-state index in [-0.39, 0.29) is 11.3 Å². The quantitative estimate of drug-likeness (QED) is 0.823. The van der Waals surface area contributed by atoms with E-state index in [4.69, 9.17) is 10.5 Å². The Morgan fingerprint density at radius 3 is 2.35 bits per heavy atom. The Kier molecular flexibility index (Phi) is 4.55. The first kappa shape index (κ1) is 13.6. The number of hydrogen-bond acceptors (Lipinski definition) is 2. The maximum Gasteiger partial charge on any atom is 0.217 e. The second-order valence-electron chi connectivity index (χ2n) is 5.16. The molecular formula is C14H21NO2. The zero-order valence-corrected chi connectivity index (χ0v) is 10.8. The standard InChI is InChI=1S/C14H21NO2/c1-14(2,10-13(15)16)9-8-11-4-6-12(17-3)7-5-11/h4-7H,8-10H2,1-3H3,(H2,15,16). The highest BCUT2D eigenvalue weighted by atomic mass is 16.5. The van der Waals surface area contributed by atoms with E-state index in [1.807, 2.05) is 12.1 Å². The third-order valence-electron chi connectivity index (χ3n) is 2.90. The van der Waals surface area contributed by atoms with Gasteiger partial charge in [-0.3, -0.25) is 4.79 Å². The largest absolute Gasteiger partial charge is 0.497 e. The number of ether oxygens (including phenoxy) is 1. The number of nitrogens with two attached hydrogens (primary N) is 1. The Morgan fingerprint density at radius 2 is 1.88 bits per heavy atom. The number of carbonyl (C=O) groups is 1. The van der Waals surface area contributed by atoms with Gasteiger partial charge >= 0.3 is 0 Å². The van der Waals surface area contributed by atoms with Crippen molar-refractivity contribution in [3.05, 3.63) is 29.8 Å². The van der Waals surface area contributed by atoms with E-state index in [1.165, 1.54) is 5.56 Å². The summed E-state index contributed by atoms with van der Waals surface area (Å²) in [6.45, 7) is 4.14. The molecule has 2 N–H and O–H groups in total. The molecule has 0 bridgehead atoms. The lowest BCUT2D eigenvalue weighted by Gasteiger charge is -2.22. The van der Waals surface area contributed by atoms with Gasteiger partial charge in [0, 0.05) is 6.42 Å². The second kappa shape index (κ2) is 5.71. The number of carbonyl (C=O) groups excluding carboxylic acids is 1. The normalized spacial score (nSPS) is 11.2. The molecule has 1 aromatic rings. The van der Waals surface area contributed by atoms with Crippen molar-refractivity contribution in [3.63, 3.8) is 0 Å². The zero-order chi connectivity index (χ0) is 12.9. The fourth-order valence-electron chi connectivity index (χ4n) is 1.83. The molecule has 1 amide bonds. The lowest BCUT2D eigenvalue weighted by molar-refractivity contribution is -0.119. The fourth-order valence-corrected chi connectivity index (χ4v) is 1.83. The van der Waals surface area contributed by atoms with E-state index in [0.29, 0.717) is 6.42 Å². The Hall–Kier alpha value is -1.51. The molecule has 3 heteroatoms. The van der Waals surface area contributed by atoms with Crippen LogP contribution in [0.2, 0.25) is 0 Å². The number of rotatable bonds is 6. The number of benzene rings is 1. The predicted octanol–water partition coefficient (Wildman–Crippen LogP) is 2.53. The first-order valence-corrected chi connectivity index (χ1v) is 5.84. The van der Waals surface area contributed by atoms with Gasteiger partial charge in [0.2, 0.25) is 5.91 Å². The van der Waals surface area contributed by atoms with E-state index >= 15 is 0 Å². The zero-order valence-electron chi connectivity index (χ0n) is 10.8. The van der Waals surface area contributed by atoms with Crippen LogP contribution in [0.25, 0.3) is 0 Å². The van der Waals surface area contributed by atoms with Crippen LogP contribution in [0.1, 0.15) is 32.3 Å². The minimum absolute atomic E-state index is 0.0360. The van der Waals surface area contributed by atoms with Crippen molar-refractivity contribution in [1.82, 2.24) is 0 Å². The molecule has 17 heavy (non-hydrogen) atoms. The average Bonchev–Trinajstić information content (AvgIpc) is 2.25. The monoisotopic (exact) mass is 235 g/mol. The van der Waals surface area contributed by atoms with E-state index in [1.54, 1.807) is 7.11 Å². The molecule has 0 aliphatic carbocycles. The maximum absolute atomic E-state index is 10.9. The van der Waals surface area contributed by atoms with Crippen LogP contribution in [0.4, 0.5) is 0 Å². The van der Waals surface area contributed by atoms with Crippen LogP contribution in [0.3, 0.4) is 0 Å². The van der Waals surface area contributed by atoms with Crippen LogP contribution in [0, 0.1) is 5.41 Å². The van der Waals surface area contributed by atoms with Crippen molar-refractivity contribution in [2.45, 2.75) is 33.1 Å². The predicted molar refractivity (Wildman–Crippen MR) is 68.9 cm³/mol.